The predicted molar refractivity (Wildman–Crippen MR) is 57.3 cm³/mol. The fraction of sp³-hybridized carbons (Fsp3) is 0.286. The Bertz CT molecular complexity index is 382. The summed E-state index contributed by atoms with van der Waals surface area (Å²) in [6.45, 7) is 0.299. The van der Waals surface area contributed by atoms with Crippen molar-refractivity contribution in [3.8, 4) is 12.3 Å². The third-order valence-corrected chi connectivity index (χ3v) is 2.20. The van der Waals surface area contributed by atoms with Crippen molar-refractivity contribution in [3.63, 3.8) is 0 Å². The van der Waals surface area contributed by atoms with Gasteiger partial charge in [0.1, 0.15) is 6.54 Å². The molecule has 1 aromatic rings. The highest BCUT2D eigenvalue weighted by atomic mass is 79.9. The lowest BCUT2D eigenvalue weighted by atomic mass is 10.5. The predicted octanol–water partition coefficient (Wildman–Crippen LogP) is 0.552. The topological polar surface area (TPSA) is 59.8 Å². The van der Waals surface area contributed by atoms with Crippen LogP contribution in [-0.2, 0) is 11.3 Å². The molecule has 0 aliphatic carbocycles. The first-order valence-electron chi connectivity index (χ1n) is 3.59. The molecule has 0 unspecified atom stereocenters. The molecule has 0 saturated carbocycles. The van der Waals surface area contributed by atoms with Gasteiger partial charge in [-0.05, 0) is 31.9 Å². The average molecular weight is 322 g/mol. The molecule has 0 aliphatic heterocycles. The molecule has 1 aromatic heterocycles. The van der Waals surface area contributed by atoms with Gasteiger partial charge in [-0.3, -0.25) is 4.79 Å². The molecule has 74 valence electrons. The molecular weight excluding hydrogens is 316 g/mol. The van der Waals surface area contributed by atoms with Crippen LogP contribution >= 0.6 is 31.9 Å². The molecule has 7 heteroatoms. The van der Waals surface area contributed by atoms with Crippen LogP contribution in [0.25, 0.3) is 0 Å². The van der Waals surface area contributed by atoms with Crippen LogP contribution in [0.5, 0.6) is 0 Å². The summed E-state index contributed by atoms with van der Waals surface area (Å²) in [7, 11) is 0. The van der Waals surface area contributed by atoms with Crippen LogP contribution < -0.4 is 5.32 Å². The van der Waals surface area contributed by atoms with Gasteiger partial charge in [-0.25, -0.2) is 4.68 Å². The molecule has 0 saturated heterocycles. The van der Waals surface area contributed by atoms with Crippen LogP contribution in [0, 0.1) is 12.3 Å². The molecule has 0 aliphatic rings. The van der Waals surface area contributed by atoms with Crippen LogP contribution in [0.15, 0.2) is 9.47 Å². The van der Waals surface area contributed by atoms with Crippen molar-refractivity contribution in [1.82, 2.24) is 20.1 Å². The van der Waals surface area contributed by atoms with Gasteiger partial charge >= 0.3 is 0 Å². The van der Waals surface area contributed by atoms with Crippen LogP contribution in [-0.4, -0.2) is 27.2 Å². The van der Waals surface area contributed by atoms with E-state index in [-0.39, 0.29) is 19.0 Å². The number of halogens is 2. The first-order chi connectivity index (χ1) is 6.63. The van der Waals surface area contributed by atoms with Crippen LogP contribution in [0.2, 0.25) is 0 Å². The summed E-state index contributed by atoms with van der Waals surface area (Å²) in [4.78, 5) is 15.1. The van der Waals surface area contributed by atoms with Crippen LogP contribution in [0.1, 0.15) is 0 Å². The van der Waals surface area contributed by atoms with E-state index in [0.717, 1.165) is 0 Å². The monoisotopic (exact) mass is 320 g/mol. The maximum atomic E-state index is 11.2. The van der Waals surface area contributed by atoms with E-state index in [1.807, 2.05) is 0 Å². The minimum Gasteiger partial charge on any atom is -0.344 e. The van der Waals surface area contributed by atoms with E-state index in [1.54, 1.807) is 0 Å². The summed E-state index contributed by atoms with van der Waals surface area (Å²) in [5.74, 6) is 2.10. The van der Waals surface area contributed by atoms with E-state index < -0.39 is 0 Å². The van der Waals surface area contributed by atoms with E-state index >= 15 is 0 Å². The minimum atomic E-state index is -0.207. The lowest BCUT2D eigenvalue weighted by Gasteiger charge is -2.01. The van der Waals surface area contributed by atoms with Crippen molar-refractivity contribution in [2.24, 2.45) is 0 Å². The molecule has 0 atom stereocenters. The second kappa shape index (κ2) is 5.12. The summed E-state index contributed by atoms with van der Waals surface area (Å²) in [6, 6.07) is 0. The Balaban J connectivity index is 2.56. The van der Waals surface area contributed by atoms with Crippen molar-refractivity contribution in [1.29, 1.82) is 0 Å². The maximum absolute atomic E-state index is 11.2. The van der Waals surface area contributed by atoms with E-state index in [1.165, 1.54) is 4.68 Å². The smallest absolute Gasteiger partial charge is 0.242 e. The lowest BCUT2D eigenvalue weighted by Crippen LogP contribution is -2.28. The van der Waals surface area contributed by atoms with Gasteiger partial charge in [-0.1, -0.05) is 5.92 Å². The number of hydrogen-bond donors (Lipinski definition) is 1. The number of carbonyl (C=O) groups is 1. The van der Waals surface area contributed by atoms with Crippen LogP contribution in [0.4, 0.5) is 0 Å². The number of hydrogen-bond acceptors (Lipinski definition) is 3. The summed E-state index contributed by atoms with van der Waals surface area (Å²) in [5.41, 5.74) is 0. The number of terminal acetylenes is 1. The minimum absolute atomic E-state index is 0.0842. The second-order valence-electron chi connectivity index (χ2n) is 2.29. The fourth-order valence-electron chi connectivity index (χ4n) is 0.739. The molecule has 1 N–H and O–H groups in total. The largest absolute Gasteiger partial charge is 0.344 e. The average Bonchev–Trinajstić information content (AvgIpc) is 2.42. The van der Waals surface area contributed by atoms with Gasteiger partial charge in [-0.15, -0.1) is 11.5 Å². The number of aromatic nitrogens is 3. The molecule has 0 aromatic carbocycles. The molecule has 0 radical (unpaired) electrons. The molecule has 0 fully saturated rings. The number of rotatable bonds is 3. The highest BCUT2D eigenvalue weighted by Gasteiger charge is 2.08. The second-order valence-corrected chi connectivity index (χ2v) is 3.71. The van der Waals surface area contributed by atoms with Gasteiger partial charge < -0.3 is 5.32 Å². The molecule has 0 spiro atoms. The third-order valence-electron chi connectivity index (χ3n) is 1.28. The zero-order chi connectivity index (χ0) is 10.6. The normalized spacial score (nSPS) is 9.50. The summed E-state index contributed by atoms with van der Waals surface area (Å²) in [6.07, 6.45) is 4.99. The van der Waals surface area contributed by atoms with Crippen molar-refractivity contribution in [2.75, 3.05) is 6.54 Å². The number of nitrogens with zero attached hydrogens (tertiary/aromatic N) is 3. The van der Waals surface area contributed by atoms with Crippen molar-refractivity contribution < 1.29 is 4.79 Å². The molecular formula is C7H6Br2N4O. The van der Waals surface area contributed by atoms with E-state index in [2.05, 4.69) is 53.2 Å². The number of carbonyl (C=O) groups excluding carboxylic acids is 1. The molecule has 1 heterocycles. The lowest BCUT2D eigenvalue weighted by molar-refractivity contribution is -0.121. The van der Waals surface area contributed by atoms with Crippen molar-refractivity contribution in [3.05, 3.63) is 9.47 Å². The Morgan fingerprint density at radius 1 is 1.64 bits per heavy atom. The first-order valence-corrected chi connectivity index (χ1v) is 5.18. The number of amides is 1. The summed E-state index contributed by atoms with van der Waals surface area (Å²) < 4.78 is 2.32. The Labute approximate surface area is 97.5 Å². The third kappa shape index (κ3) is 3.12. The zero-order valence-electron chi connectivity index (χ0n) is 7.00. The Morgan fingerprint density at radius 2 is 2.36 bits per heavy atom. The molecule has 1 amide bonds. The summed E-state index contributed by atoms with van der Waals surface area (Å²) in [5, 5.41) is 6.44. The van der Waals surface area contributed by atoms with Gasteiger partial charge in [0.15, 0.2) is 4.73 Å². The fourth-order valence-corrected chi connectivity index (χ4v) is 1.71. The molecule has 14 heavy (non-hydrogen) atoms. The van der Waals surface area contributed by atoms with E-state index in [9.17, 15) is 4.79 Å². The van der Waals surface area contributed by atoms with Gasteiger partial charge in [0.05, 0.1) is 6.54 Å². The van der Waals surface area contributed by atoms with Gasteiger partial charge in [-0.2, -0.15) is 4.98 Å². The van der Waals surface area contributed by atoms with Gasteiger partial charge in [0.2, 0.25) is 10.6 Å². The molecule has 1 rings (SSSR count). The molecule has 0 bridgehead atoms. The highest BCUT2D eigenvalue weighted by Crippen LogP contribution is 2.10. The van der Waals surface area contributed by atoms with Crippen molar-refractivity contribution in [2.45, 2.75) is 6.54 Å². The van der Waals surface area contributed by atoms with E-state index in [4.69, 9.17) is 6.42 Å². The quantitative estimate of drug-likeness (QED) is 0.827. The van der Waals surface area contributed by atoms with Gasteiger partial charge in [0, 0.05) is 0 Å². The summed E-state index contributed by atoms with van der Waals surface area (Å²) >= 11 is 6.24. The Morgan fingerprint density at radius 3 is 2.86 bits per heavy atom. The van der Waals surface area contributed by atoms with E-state index in [0.29, 0.717) is 9.47 Å². The highest BCUT2D eigenvalue weighted by molar-refractivity contribution is 9.11. The maximum Gasteiger partial charge on any atom is 0.242 e. The SMILES string of the molecule is C#CCNC(=O)Cn1nc(Br)nc1Br. The molecule has 5 nitrogen and oxygen atoms in total. The van der Waals surface area contributed by atoms with Gasteiger partial charge in [0.25, 0.3) is 0 Å². The first kappa shape index (κ1) is 11.2. The standard InChI is InChI=1S/C7H6Br2N4O/c1-2-3-10-5(14)4-13-7(9)11-6(8)12-13/h1H,3-4H2,(H,10,14). The van der Waals surface area contributed by atoms with Crippen molar-refractivity contribution >= 4 is 37.8 Å². The Kier molecular flexibility index (Phi) is 4.10. The number of nitrogens with one attached hydrogen (secondary N) is 1. The Hall–Kier alpha value is -0.870. The van der Waals surface area contributed by atoms with Crippen LogP contribution in [0.3, 0.4) is 0 Å². The zero-order valence-corrected chi connectivity index (χ0v) is 10.2.